The predicted molar refractivity (Wildman–Crippen MR) is 142 cm³/mol. The van der Waals surface area contributed by atoms with Crippen LogP contribution in [-0.4, -0.2) is 48.6 Å². The van der Waals surface area contributed by atoms with Gasteiger partial charge in [0.15, 0.2) is 0 Å². The van der Waals surface area contributed by atoms with Gasteiger partial charge in [-0.15, -0.1) is 12.4 Å². The molecule has 1 aromatic heterocycles. The van der Waals surface area contributed by atoms with Crippen LogP contribution in [-0.2, 0) is 10.0 Å². The van der Waals surface area contributed by atoms with Gasteiger partial charge in [0, 0.05) is 35.4 Å². The highest BCUT2D eigenvalue weighted by atomic mass is 35.5. The molecule has 0 fully saturated rings. The number of aliphatic hydroxyl groups excluding tert-OH is 1. The maximum Gasteiger partial charge on any atom is 0.235 e. The van der Waals surface area contributed by atoms with E-state index in [1.54, 1.807) is 19.9 Å². The molecule has 0 amide bonds. The van der Waals surface area contributed by atoms with Crippen molar-refractivity contribution in [3.8, 4) is 11.5 Å². The molecule has 35 heavy (non-hydrogen) atoms. The van der Waals surface area contributed by atoms with Crippen molar-refractivity contribution in [1.82, 2.24) is 10.3 Å². The molecule has 188 valence electrons. The summed E-state index contributed by atoms with van der Waals surface area (Å²) in [6, 6.07) is 18.4. The molecule has 1 atom stereocenters. The van der Waals surface area contributed by atoms with Gasteiger partial charge < -0.3 is 25.3 Å². The Kier molecular flexibility index (Phi) is 8.50. The molecule has 0 bridgehead atoms. The maximum absolute atomic E-state index is 12.1. The third-order valence-corrected chi connectivity index (χ3v) is 7.39. The number of sulfonamides is 1. The SMILES string of the molecule is CC(C)S(=O)(=O)Nc1cc(C(O)CNCCOc2ccc3c(c2)[nH]c2ccccc23)ccc1O.Cl. The van der Waals surface area contributed by atoms with Crippen molar-refractivity contribution < 1.29 is 23.4 Å². The molecule has 0 spiro atoms. The van der Waals surface area contributed by atoms with Gasteiger partial charge in [0.2, 0.25) is 10.0 Å². The van der Waals surface area contributed by atoms with Crippen LogP contribution in [0.4, 0.5) is 5.69 Å². The summed E-state index contributed by atoms with van der Waals surface area (Å²) >= 11 is 0. The Morgan fingerprint density at radius 2 is 1.74 bits per heavy atom. The highest BCUT2D eigenvalue weighted by Crippen LogP contribution is 2.29. The number of nitrogens with one attached hydrogen (secondary N) is 3. The Hall–Kier alpha value is -2.98. The van der Waals surface area contributed by atoms with Crippen molar-refractivity contribution in [2.45, 2.75) is 25.2 Å². The number of benzene rings is 3. The number of rotatable bonds is 10. The van der Waals surface area contributed by atoms with Crippen LogP contribution in [0.15, 0.2) is 60.7 Å². The summed E-state index contributed by atoms with van der Waals surface area (Å²) in [5.74, 6) is 0.551. The van der Waals surface area contributed by atoms with Crippen LogP contribution >= 0.6 is 12.4 Å². The minimum absolute atomic E-state index is 0. The second kappa shape index (κ2) is 11.2. The van der Waals surface area contributed by atoms with Crippen molar-refractivity contribution in [1.29, 1.82) is 0 Å². The molecular formula is C25H30ClN3O5S. The zero-order valence-corrected chi connectivity index (χ0v) is 21.1. The van der Waals surface area contributed by atoms with Gasteiger partial charge in [0.25, 0.3) is 0 Å². The Morgan fingerprint density at radius 3 is 2.51 bits per heavy atom. The van der Waals surface area contributed by atoms with Gasteiger partial charge in [-0.25, -0.2) is 8.42 Å². The molecule has 10 heteroatoms. The van der Waals surface area contributed by atoms with Crippen molar-refractivity contribution >= 4 is 49.9 Å². The lowest BCUT2D eigenvalue weighted by molar-refractivity contribution is 0.172. The number of aliphatic hydroxyl groups is 1. The first-order valence-corrected chi connectivity index (χ1v) is 12.7. The molecule has 0 radical (unpaired) electrons. The summed E-state index contributed by atoms with van der Waals surface area (Å²) in [4.78, 5) is 3.39. The standard InChI is InChI=1S/C25H29N3O5S.ClH/c1-16(2)34(31,32)28-23-13-17(7-10-24(23)29)25(30)15-26-11-12-33-18-8-9-20-19-5-3-4-6-21(19)27-22(20)14-18;/h3-10,13-14,16,25-30H,11-12,15H2,1-2H3;1H. The number of anilines is 1. The highest BCUT2D eigenvalue weighted by Gasteiger charge is 2.19. The normalized spacial score (nSPS) is 12.6. The fraction of sp³-hybridized carbons (Fsp3) is 0.280. The summed E-state index contributed by atoms with van der Waals surface area (Å²) in [7, 11) is -3.61. The first-order chi connectivity index (χ1) is 16.2. The number of H-pyrrole nitrogens is 1. The van der Waals surface area contributed by atoms with Crippen LogP contribution in [0.1, 0.15) is 25.5 Å². The van der Waals surface area contributed by atoms with Crippen molar-refractivity contribution in [2.75, 3.05) is 24.4 Å². The molecule has 0 aliphatic carbocycles. The fourth-order valence-electron chi connectivity index (χ4n) is 3.63. The average Bonchev–Trinajstić information content (AvgIpc) is 3.17. The number of hydrogen-bond donors (Lipinski definition) is 5. The van der Waals surface area contributed by atoms with E-state index in [4.69, 9.17) is 4.74 Å². The number of phenols is 1. The lowest BCUT2D eigenvalue weighted by Crippen LogP contribution is -2.26. The monoisotopic (exact) mass is 519 g/mol. The van der Waals surface area contributed by atoms with Crippen LogP contribution in [0.2, 0.25) is 0 Å². The third kappa shape index (κ3) is 6.18. The van der Waals surface area contributed by atoms with E-state index in [0.717, 1.165) is 22.2 Å². The van der Waals surface area contributed by atoms with E-state index in [2.05, 4.69) is 21.1 Å². The van der Waals surface area contributed by atoms with E-state index < -0.39 is 21.4 Å². The fourth-order valence-corrected chi connectivity index (χ4v) is 4.34. The zero-order chi connectivity index (χ0) is 24.3. The predicted octanol–water partition coefficient (Wildman–Crippen LogP) is 4.30. The van der Waals surface area contributed by atoms with Gasteiger partial charge in [-0.2, -0.15) is 0 Å². The van der Waals surface area contributed by atoms with Crippen molar-refractivity contribution in [2.24, 2.45) is 0 Å². The van der Waals surface area contributed by atoms with E-state index in [1.807, 2.05) is 36.4 Å². The lowest BCUT2D eigenvalue weighted by Gasteiger charge is -2.16. The molecule has 4 rings (SSSR count). The Morgan fingerprint density at radius 1 is 1.00 bits per heavy atom. The summed E-state index contributed by atoms with van der Waals surface area (Å²) in [6.07, 6.45) is -0.884. The number of ether oxygens (including phenoxy) is 1. The lowest BCUT2D eigenvalue weighted by atomic mass is 10.1. The molecule has 8 nitrogen and oxygen atoms in total. The molecule has 0 saturated heterocycles. The number of halogens is 1. The zero-order valence-electron chi connectivity index (χ0n) is 19.5. The average molecular weight is 520 g/mol. The van der Waals surface area contributed by atoms with E-state index in [9.17, 15) is 18.6 Å². The number of phenolic OH excluding ortho intramolecular Hbond substituents is 1. The van der Waals surface area contributed by atoms with Crippen molar-refractivity contribution in [3.63, 3.8) is 0 Å². The van der Waals surface area contributed by atoms with Crippen molar-refractivity contribution in [3.05, 3.63) is 66.2 Å². The number of fused-ring (bicyclic) bond motifs is 3. The van der Waals surface area contributed by atoms with E-state index >= 15 is 0 Å². The summed E-state index contributed by atoms with van der Waals surface area (Å²) in [5, 5.41) is 25.3. The minimum atomic E-state index is -3.61. The molecule has 4 aromatic rings. The van der Waals surface area contributed by atoms with E-state index in [-0.39, 0.29) is 30.4 Å². The molecule has 5 N–H and O–H groups in total. The van der Waals surface area contributed by atoms with Crippen LogP contribution in [0.3, 0.4) is 0 Å². The first kappa shape index (κ1) is 26.6. The number of aromatic amines is 1. The topological polar surface area (TPSA) is 124 Å². The van der Waals surface area contributed by atoms with Crippen LogP contribution in [0.5, 0.6) is 11.5 Å². The molecule has 0 aliphatic heterocycles. The Balaban J connectivity index is 0.00000342. The first-order valence-electron chi connectivity index (χ1n) is 11.1. The molecular weight excluding hydrogens is 490 g/mol. The van der Waals surface area contributed by atoms with Crippen LogP contribution < -0.4 is 14.8 Å². The van der Waals surface area contributed by atoms with Gasteiger partial charge in [0.1, 0.15) is 18.1 Å². The minimum Gasteiger partial charge on any atom is -0.506 e. The largest absolute Gasteiger partial charge is 0.506 e. The van der Waals surface area contributed by atoms with Gasteiger partial charge in [-0.3, -0.25) is 4.72 Å². The van der Waals surface area contributed by atoms with Gasteiger partial charge in [-0.05, 0) is 49.7 Å². The van der Waals surface area contributed by atoms with Gasteiger partial charge >= 0.3 is 0 Å². The molecule has 1 heterocycles. The van der Waals surface area contributed by atoms with E-state index in [1.165, 1.54) is 17.5 Å². The van der Waals surface area contributed by atoms with Crippen LogP contribution in [0, 0.1) is 0 Å². The van der Waals surface area contributed by atoms with E-state index in [0.29, 0.717) is 18.7 Å². The molecule has 3 aromatic carbocycles. The second-order valence-electron chi connectivity index (χ2n) is 8.42. The summed E-state index contributed by atoms with van der Waals surface area (Å²) < 4.78 is 32.4. The third-order valence-electron chi connectivity index (χ3n) is 5.64. The number of aromatic hydroxyl groups is 1. The number of aromatic nitrogens is 1. The molecule has 0 aliphatic rings. The maximum atomic E-state index is 12.1. The Bertz CT molecular complexity index is 1410. The quantitative estimate of drug-likeness (QED) is 0.157. The number of para-hydroxylation sites is 1. The molecule has 1 unspecified atom stereocenters. The highest BCUT2D eigenvalue weighted by molar-refractivity contribution is 7.93. The summed E-state index contributed by atoms with van der Waals surface area (Å²) in [6.45, 7) is 4.25. The van der Waals surface area contributed by atoms with Gasteiger partial charge in [-0.1, -0.05) is 24.3 Å². The van der Waals surface area contributed by atoms with Gasteiger partial charge in [0.05, 0.1) is 22.6 Å². The second-order valence-corrected chi connectivity index (χ2v) is 10.7. The summed E-state index contributed by atoms with van der Waals surface area (Å²) in [5.41, 5.74) is 2.62. The van der Waals surface area contributed by atoms with Crippen LogP contribution in [0.25, 0.3) is 21.8 Å². The number of hydrogen-bond acceptors (Lipinski definition) is 6. The smallest absolute Gasteiger partial charge is 0.235 e. The molecule has 0 saturated carbocycles. The Labute approximate surface area is 210 Å².